The normalized spacial score (nSPS) is 41.8. The molecular weight excluding hydrogens is 180 g/mol. The molecule has 1 fully saturated rings. The molecule has 6 heteroatoms. The van der Waals surface area contributed by atoms with Gasteiger partial charge in [-0.1, -0.05) is 6.92 Å². The van der Waals surface area contributed by atoms with Crippen LogP contribution in [0.2, 0.25) is 0 Å². The van der Waals surface area contributed by atoms with Crippen LogP contribution in [0.4, 0.5) is 0 Å². The number of aliphatic carboxylic acids is 1. The molecule has 1 rings (SSSR count). The van der Waals surface area contributed by atoms with E-state index in [9.17, 15) is 9.90 Å². The van der Waals surface area contributed by atoms with E-state index in [1.807, 2.05) is 0 Å². The Morgan fingerprint density at radius 3 is 2.31 bits per heavy atom. The highest BCUT2D eigenvalue weighted by atomic mass is 16.6. The Morgan fingerprint density at radius 2 is 2.00 bits per heavy atom. The van der Waals surface area contributed by atoms with Crippen molar-refractivity contribution in [2.45, 2.75) is 31.5 Å². The van der Waals surface area contributed by atoms with Gasteiger partial charge in [0.1, 0.15) is 12.2 Å². The van der Waals surface area contributed by atoms with Gasteiger partial charge in [-0.15, -0.1) is 0 Å². The number of rotatable bonds is 2. The highest BCUT2D eigenvalue weighted by molar-refractivity contribution is 5.72. The molecule has 0 aliphatic carbocycles. The topological polar surface area (TPSA) is 107 Å². The molecule has 1 aliphatic heterocycles. The Hall–Kier alpha value is -0.690. The van der Waals surface area contributed by atoms with E-state index in [0.29, 0.717) is 0 Å². The fourth-order valence-electron chi connectivity index (χ4n) is 1.32. The first-order valence-corrected chi connectivity index (χ1v) is 3.87. The minimum Gasteiger partial charge on any atom is -0.479 e. The number of hydrogen-bond acceptors (Lipinski definition) is 5. The number of aliphatic hydroxyl groups excluding tert-OH is 3. The Kier molecular flexibility index (Phi) is 2.87. The second kappa shape index (κ2) is 3.59. The molecule has 0 aromatic carbocycles. The molecule has 13 heavy (non-hydrogen) atoms. The fourth-order valence-corrected chi connectivity index (χ4v) is 1.32. The maximum atomic E-state index is 10.4. The fraction of sp³-hybridized carbons (Fsp3) is 0.857. The number of carboxylic acid groups (broad SMARTS) is 1. The Morgan fingerprint density at radius 1 is 1.46 bits per heavy atom. The van der Waals surface area contributed by atoms with Gasteiger partial charge in [-0.2, -0.15) is 0 Å². The van der Waals surface area contributed by atoms with Gasteiger partial charge in [0, 0.05) is 5.92 Å². The molecular formula is C7H12O6. The van der Waals surface area contributed by atoms with E-state index in [0.717, 1.165) is 0 Å². The molecule has 4 N–H and O–H groups in total. The van der Waals surface area contributed by atoms with Gasteiger partial charge in [0.15, 0.2) is 12.4 Å². The number of carboxylic acids is 1. The molecule has 0 aromatic rings. The van der Waals surface area contributed by atoms with Crippen LogP contribution >= 0.6 is 0 Å². The maximum absolute atomic E-state index is 10.4. The van der Waals surface area contributed by atoms with Crippen LogP contribution in [-0.2, 0) is 9.53 Å². The van der Waals surface area contributed by atoms with Gasteiger partial charge in [0.2, 0.25) is 0 Å². The van der Waals surface area contributed by atoms with Crippen LogP contribution in [0.3, 0.4) is 0 Å². The summed E-state index contributed by atoms with van der Waals surface area (Å²) in [6, 6.07) is 0. The number of ether oxygens (including phenoxy) is 1. The molecule has 1 heterocycles. The van der Waals surface area contributed by atoms with E-state index in [-0.39, 0.29) is 0 Å². The summed E-state index contributed by atoms with van der Waals surface area (Å²) in [5.74, 6) is -2.04. The first-order valence-electron chi connectivity index (χ1n) is 3.87. The maximum Gasteiger partial charge on any atom is 0.335 e. The van der Waals surface area contributed by atoms with Crippen molar-refractivity contribution in [1.82, 2.24) is 0 Å². The van der Waals surface area contributed by atoms with E-state index < -0.39 is 36.5 Å². The molecule has 0 saturated carbocycles. The zero-order valence-corrected chi connectivity index (χ0v) is 6.99. The largest absolute Gasteiger partial charge is 0.479 e. The van der Waals surface area contributed by atoms with Crippen LogP contribution in [0.25, 0.3) is 0 Å². The molecule has 1 aliphatic rings. The summed E-state index contributed by atoms with van der Waals surface area (Å²) in [5.41, 5.74) is 0. The summed E-state index contributed by atoms with van der Waals surface area (Å²) in [7, 11) is 0. The number of aliphatic hydroxyl groups is 3. The predicted molar refractivity (Wildman–Crippen MR) is 39.7 cm³/mol. The summed E-state index contributed by atoms with van der Waals surface area (Å²) >= 11 is 0. The first kappa shape index (κ1) is 10.4. The van der Waals surface area contributed by atoms with Crippen LogP contribution < -0.4 is 0 Å². The summed E-state index contributed by atoms with van der Waals surface area (Å²) in [6.07, 6.45) is -5.36. The summed E-state index contributed by atoms with van der Waals surface area (Å²) < 4.78 is 4.68. The van der Waals surface area contributed by atoms with Gasteiger partial charge in [-0.25, -0.2) is 4.79 Å². The van der Waals surface area contributed by atoms with Crippen molar-refractivity contribution in [3.63, 3.8) is 0 Å². The van der Waals surface area contributed by atoms with Crippen molar-refractivity contribution in [2.75, 3.05) is 0 Å². The zero-order valence-electron chi connectivity index (χ0n) is 6.99. The lowest BCUT2D eigenvalue weighted by Crippen LogP contribution is -2.38. The minimum atomic E-state index is -1.72. The second-order valence-corrected chi connectivity index (χ2v) is 3.12. The lowest BCUT2D eigenvalue weighted by molar-refractivity contribution is -0.169. The average molecular weight is 192 g/mol. The van der Waals surface area contributed by atoms with Gasteiger partial charge >= 0.3 is 5.97 Å². The Balaban J connectivity index is 2.68. The van der Waals surface area contributed by atoms with Gasteiger partial charge in [-0.05, 0) is 0 Å². The lowest BCUT2D eigenvalue weighted by atomic mass is 9.97. The summed E-state index contributed by atoms with van der Waals surface area (Å²) in [6.45, 7) is 1.50. The van der Waals surface area contributed by atoms with Gasteiger partial charge in [0.05, 0.1) is 0 Å². The third-order valence-electron chi connectivity index (χ3n) is 2.21. The van der Waals surface area contributed by atoms with Gasteiger partial charge < -0.3 is 25.2 Å². The van der Waals surface area contributed by atoms with E-state index in [1.54, 1.807) is 0 Å². The van der Waals surface area contributed by atoms with Crippen molar-refractivity contribution in [3.8, 4) is 0 Å². The highest BCUT2D eigenvalue weighted by Gasteiger charge is 2.45. The Bertz CT molecular complexity index is 205. The van der Waals surface area contributed by atoms with Gasteiger partial charge in [0.25, 0.3) is 0 Å². The van der Waals surface area contributed by atoms with Crippen molar-refractivity contribution in [1.29, 1.82) is 0 Å². The van der Waals surface area contributed by atoms with Crippen LogP contribution in [0.15, 0.2) is 0 Å². The molecule has 5 atom stereocenters. The summed E-state index contributed by atoms with van der Waals surface area (Å²) in [4.78, 5) is 10.4. The van der Waals surface area contributed by atoms with Crippen LogP contribution in [0.1, 0.15) is 6.92 Å². The third-order valence-corrected chi connectivity index (χ3v) is 2.21. The minimum absolute atomic E-state index is 0.610. The van der Waals surface area contributed by atoms with Crippen molar-refractivity contribution >= 4 is 5.97 Å². The van der Waals surface area contributed by atoms with Gasteiger partial charge in [-0.3, -0.25) is 0 Å². The standard InChI is InChI=1S/C7H12O6/c1-2-3(8)7(12)13-5(2)4(9)6(10)11/h2-5,7-9,12H,1H3,(H,10,11)/t2-,3+,4-,5?,7-/m0/s1. The van der Waals surface area contributed by atoms with Crippen LogP contribution in [0, 0.1) is 5.92 Å². The molecule has 1 unspecified atom stereocenters. The molecule has 0 radical (unpaired) electrons. The monoisotopic (exact) mass is 192 g/mol. The number of hydrogen-bond donors (Lipinski definition) is 4. The van der Waals surface area contributed by atoms with Crippen LogP contribution in [-0.4, -0.2) is 51.0 Å². The van der Waals surface area contributed by atoms with E-state index in [2.05, 4.69) is 4.74 Å². The Labute approximate surface area is 74.4 Å². The second-order valence-electron chi connectivity index (χ2n) is 3.12. The lowest BCUT2D eigenvalue weighted by Gasteiger charge is -2.17. The van der Waals surface area contributed by atoms with Crippen molar-refractivity contribution < 1.29 is 30.0 Å². The molecule has 0 amide bonds. The molecule has 76 valence electrons. The first-order chi connectivity index (χ1) is 5.95. The molecule has 0 spiro atoms. The third kappa shape index (κ3) is 1.80. The number of carbonyl (C=O) groups is 1. The van der Waals surface area contributed by atoms with E-state index >= 15 is 0 Å². The predicted octanol–water partition coefficient (Wildman–Crippen LogP) is -1.85. The van der Waals surface area contributed by atoms with E-state index in [1.165, 1.54) is 6.92 Å². The van der Waals surface area contributed by atoms with Crippen molar-refractivity contribution in [3.05, 3.63) is 0 Å². The highest BCUT2D eigenvalue weighted by Crippen LogP contribution is 2.27. The molecule has 6 nitrogen and oxygen atoms in total. The molecule has 0 aromatic heterocycles. The van der Waals surface area contributed by atoms with Crippen molar-refractivity contribution in [2.24, 2.45) is 5.92 Å². The smallest absolute Gasteiger partial charge is 0.335 e. The molecule has 1 saturated heterocycles. The average Bonchev–Trinajstić information content (AvgIpc) is 2.31. The quantitative estimate of drug-likeness (QED) is 0.409. The van der Waals surface area contributed by atoms with Crippen LogP contribution in [0.5, 0.6) is 0 Å². The summed E-state index contributed by atoms with van der Waals surface area (Å²) in [5, 5.41) is 35.7. The van der Waals surface area contributed by atoms with E-state index in [4.69, 9.17) is 15.3 Å². The molecule has 0 bridgehead atoms. The SMILES string of the molecule is C[C@@H]1C([C@H](O)C(=O)O)O[C@H](O)[C@@H]1O. The zero-order chi connectivity index (χ0) is 10.2.